The molecular formula is C12H9ClFN3O4. The number of halogens is 2. The molecule has 0 radical (unpaired) electrons. The van der Waals surface area contributed by atoms with E-state index in [-0.39, 0.29) is 28.7 Å². The van der Waals surface area contributed by atoms with Crippen molar-refractivity contribution in [1.82, 2.24) is 9.55 Å². The first-order valence-electron chi connectivity index (χ1n) is 5.65. The second kappa shape index (κ2) is 5.88. The van der Waals surface area contributed by atoms with Crippen LogP contribution in [-0.2, 0) is 6.54 Å². The summed E-state index contributed by atoms with van der Waals surface area (Å²) in [6.07, 6.45) is 1.11. The molecule has 0 atom stereocenters. The molecule has 9 heteroatoms. The zero-order chi connectivity index (χ0) is 15.6. The Balaban J connectivity index is 2.51. The van der Waals surface area contributed by atoms with Crippen LogP contribution < -0.4 is 10.3 Å². The Kier molecular flexibility index (Phi) is 4.18. The summed E-state index contributed by atoms with van der Waals surface area (Å²) in [5.74, 6) is -0.823. The van der Waals surface area contributed by atoms with E-state index in [2.05, 4.69) is 4.98 Å². The van der Waals surface area contributed by atoms with E-state index in [0.717, 1.165) is 29.1 Å². The molecule has 0 aliphatic carbocycles. The highest BCUT2D eigenvalue weighted by Gasteiger charge is 2.17. The van der Waals surface area contributed by atoms with Gasteiger partial charge in [-0.3, -0.25) is 19.5 Å². The maximum absolute atomic E-state index is 13.3. The fraction of sp³-hybridized carbons (Fsp3) is 0.167. The van der Waals surface area contributed by atoms with E-state index in [1.54, 1.807) is 0 Å². The summed E-state index contributed by atoms with van der Waals surface area (Å²) >= 11 is 5.69. The van der Waals surface area contributed by atoms with Gasteiger partial charge in [0, 0.05) is 6.07 Å². The average molecular weight is 314 g/mol. The zero-order valence-corrected chi connectivity index (χ0v) is 11.5. The van der Waals surface area contributed by atoms with E-state index in [4.69, 9.17) is 16.3 Å². The van der Waals surface area contributed by atoms with Crippen molar-refractivity contribution in [3.8, 4) is 5.75 Å². The highest BCUT2D eigenvalue weighted by atomic mass is 35.5. The van der Waals surface area contributed by atoms with Crippen molar-refractivity contribution in [2.45, 2.75) is 6.54 Å². The SMILES string of the molecule is COc1c(Cl)ncn(Cc2cc(F)ccc2[N+](=O)[O-])c1=O. The number of benzene rings is 1. The van der Waals surface area contributed by atoms with Crippen LogP contribution in [0.2, 0.25) is 5.15 Å². The molecule has 7 nitrogen and oxygen atoms in total. The van der Waals surface area contributed by atoms with Crippen molar-refractivity contribution in [3.63, 3.8) is 0 Å². The van der Waals surface area contributed by atoms with E-state index in [1.807, 2.05) is 0 Å². The summed E-state index contributed by atoms with van der Waals surface area (Å²) in [7, 11) is 1.25. The van der Waals surface area contributed by atoms with Crippen LogP contribution in [0.15, 0.2) is 29.3 Å². The quantitative estimate of drug-likeness (QED) is 0.489. The standard InChI is InChI=1S/C12H9ClFN3O4/c1-21-10-11(13)15-6-16(12(10)18)5-7-4-8(14)2-3-9(7)17(19)20/h2-4,6H,5H2,1H3. The molecule has 1 aromatic heterocycles. The molecule has 0 saturated carbocycles. The second-order valence-corrected chi connectivity index (χ2v) is 4.39. The average Bonchev–Trinajstić information content (AvgIpc) is 2.42. The van der Waals surface area contributed by atoms with Crippen LogP contribution in [0, 0.1) is 15.9 Å². The van der Waals surface area contributed by atoms with Crippen molar-refractivity contribution in [3.05, 3.63) is 61.5 Å². The van der Waals surface area contributed by atoms with Gasteiger partial charge in [-0.15, -0.1) is 0 Å². The van der Waals surface area contributed by atoms with Crippen LogP contribution in [0.1, 0.15) is 5.56 Å². The van der Waals surface area contributed by atoms with Gasteiger partial charge in [0.1, 0.15) is 5.82 Å². The number of nitrogens with zero attached hydrogens (tertiary/aromatic N) is 3. The third-order valence-electron chi connectivity index (χ3n) is 2.74. The summed E-state index contributed by atoms with van der Waals surface area (Å²) < 4.78 is 19.1. The minimum Gasteiger partial charge on any atom is -0.489 e. The van der Waals surface area contributed by atoms with E-state index in [0.29, 0.717) is 0 Å². The number of hydrogen-bond donors (Lipinski definition) is 0. The molecule has 0 unspecified atom stereocenters. The third-order valence-corrected chi connectivity index (χ3v) is 3.01. The number of ether oxygens (including phenoxy) is 1. The van der Waals surface area contributed by atoms with Crippen molar-refractivity contribution in [1.29, 1.82) is 0 Å². The number of hydrogen-bond acceptors (Lipinski definition) is 5. The zero-order valence-electron chi connectivity index (χ0n) is 10.7. The summed E-state index contributed by atoms with van der Waals surface area (Å²) in [6.45, 7) is -0.229. The molecule has 110 valence electrons. The fourth-order valence-corrected chi connectivity index (χ4v) is 1.98. The lowest BCUT2D eigenvalue weighted by Crippen LogP contribution is -2.23. The molecule has 0 aliphatic heterocycles. The first-order valence-corrected chi connectivity index (χ1v) is 6.03. The van der Waals surface area contributed by atoms with Crippen LogP contribution >= 0.6 is 11.6 Å². The summed E-state index contributed by atoms with van der Waals surface area (Å²) in [4.78, 5) is 26.1. The fourth-order valence-electron chi connectivity index (χ4n) is 1.78. The first-order chi connectivity index (χ1) is 9.93. The van der Waals surface area contributed by atoms with Crippen LogP contribution in [0.3, 0.4) is 0 Å². The smallest absolute Gasteiger partial charge is 0.297 e. The predicted octanol–water partition coefficient (Wildman–Crippen LogP) is 2.00. The van der Waals surface area contributed by atoms with Gasteiger partial charge in [-0.1, -0.05) is 11.6 Å². The molecule has 2 rings (SSSR count). The second-order valence-electron chi connectivity index (χ2n) is 4.03. The van der Waals surface area contributed by atoms with Gasteiger partial charge in [0.2, 0.25) is 5.75 Å². The summed E-state index contributed by atoms with van der Waals surface area (Å²) in [5.41, 5.74) is -0.874. The molecule has 1 aromatic carbocycles. The van der Waals surface area contributed by atoms with Gasteiger partial charge in [-0.2, -0.15) is 0 Å². The summed E-state index contributed by atoms with van der Waals surface area (Å²) in [5, 5.41) is 10.8. The van der Waals surface area contributed by atoms with Gasteiger partial charge < -0.3 is 4.74 Å². The number of rotatable bonds is 4. The number of methoxy groups -OCH3 is 1. The molecule has 21 heavy (non-hydrogen) atoms. The molecule has 1 heterocycles. The van der Waals surface area contributed by atoms with E-state index < -0.39 is 16.3 Å². The Morgan fingerprint density at radius 3 is 2.86 bits per heavy atom. The van der Waals surface area contributed by atoms with Gasteiger partial charge in [-0.05, 0) is 12.1 Å². The van der Waals surface area contributed by atoms with Gasteiger partial charge in [-0.25, -0.2) is 9.37 Å². The van der Waals surface area contributed by atoms with Crippen molar-refractivity contribution in [2.75, 3.05) is 7.11 Å². The van der Waals surface area contributed by atoms with Crippen LogP contribution in [0.25, 0.3) is 0 Å². The summed E-state index contributed by atoms with van der Waals surface area (Å²) in [6, 6.07) is 3.01. The minimum absolute atomic E-state index is 0.0354. The Labute approximate surface area is 122 Å². The number of nitro benzene ring substituents is 1. The van der Waals surface area contributed by atoms with Gasteiger partial charge in [0.05, 0.1) is 30.5 Å². The minimum atomic E-state index is -0.652. The maximum atomic E-state index is 13.3. The highest BCUT2D eigenvalue weighted by molar-refractivity contribution is 6.30. The lowest BCUT2D eigenvalue weighted by Gasteiger charge is -2.08. The lowest BCUT2D eigenvalue weighted by molar-refractivity contribution is -0.385. The molecule has 0 bridgehead atoms. The Morgan fingerprint density at radius 1 is 1.52 bits per heavy atom. The first kappa shape index (κ1) is 14.9. The number of aromatic nitrogens is 2. The van der Waals surface area contributed by atoms with Crippen LogP contribution in [-0.4, -0.2) is 21.6 Å². The van der Waals surface area contributed by atoms with Crippen LogP contribution in [0.5, 0.6) is 5.75 Å². The molecule has 0 amide bonds. The Morgan fingerprint density at radius 2 is 2.24 bits per heavy atom. The molecule has 0 aliphatic rings. The molecule has 0 N–H and O–H groups in total. The van der Waals surface area contributed by atoms with Crippen molar-refractivity contribution < 1.29 is 14.1 Å². The van der Waals surface area contributed by atoms with E-state index >= 15 is 0 Å². The van der Waals surface area contributed by atoms with E-state index in [9.17, 15) is 19.3 Å². The normalized spacial score (nSPS) is 10.4. The topological polar surface area (TPSA) is 87.3 Å². The molecule has 2 aromatic rings. The third kappa shape index (κ3) is 3.00. The molecular weight excluding hydrogens is 305 g/mol. The van der Waals surface area contributed by atoms with Crippen LogP contribution in [0.4, 0.5) is 10.1 Å². The van der Waals surface area contributed by atoms with Crippen molar-refractivity contribution >= 4 is 17.3 Å². The molecule has 0 fully saturated rings. The largest absolute Gasteiger partial charge is 0.489 e. The highest BCUT2D eigenvalue weighted by Crippen LogP contribution is 2.21. The van der Waals surface area contributed by atoms with Gasteiger partial charge in [0.15, 0.2) is 5.15 Å². The van der Waals surface area contributed by atoms with Crippen molar-refractivity contribution in [2.24, 2.45) is 0 Å². The molecule has 0 saturated heterocycles. The monoisotopic (exact) mass is 313 g/mol. The van der Waals surface area contributed by atoms with Gasteiger partial charge >= 0.3 is 0 Å². The lowest BCUT2D eigenvalue weighted by atomic mass is 10.1. The number of nitro groups is 1. The van der Waals surface area contributed by atoms with E-state index in [1.165, 1.54) is 7.11 Å². The van der Waals surface area contributed by atoms with Gasteiger partial charge in [0.25, 0.3) is 11.2 Å². The Bertz CT molecular complexity index is 763. The Hall–Kier alpha value is -2.48. The molecule has 0 spiro atoms. The maximum Gasteiger partial charge on any atom is 0.297 e. The predicted molar refractivity (Wildman–Crippen MR) is 72.2 cm³/mol.